The summed E-state index contributed by atoms with van der Waals surface area (Å²) in [5.74, 6) is 0.660. The molecule has 3 nitrogen and oxygen atoms in total. The Morgan fingerprint density at radius 1 is 1.00 bits per heavy atom. The summed E-state index contributed by atoms with van der Waals surface area (Å²) in [6.45, 7) is 10.1. The summed E-state index contributed by atoms with van der Waals surface area (Å²) >= 11 is 0. The maximum Gasteiger partial charge on any atom is 0.128 e. The number of amidine groups is 1. The number of benzene rings is 1. The Morgan fingerprint density at radius 2 is 1.50 bits per heavy atom. The van der Waals surface area contributed by atoms with Gasteiger partial charge in [-0.25, -0.2) is 0 Å². The Labute approximate surface area is 111 Å². The van der Waals surface area contributed by atoms with Gasteiger partial charge in [-0.2, -0.15) is 0 Å². The van der Waals surface area contributed by atoms with E-state index >= 15 is 0 Å². The lowest BCUT2D eigenvalue weighted by Crippen LogP contribution is -2.47. The van der Waals surface area contributed by atoms with E-state index in [2.05, 4.69) is 35.9 Å². The molecule has 0 amide bonds. The van der Waals surface area contributed by atoms with Gasteiger partial charge >= 0.3 is 0 Å². The van der Waals surface area contributed by atoms with E-state index in [9.17, 15) is 0 Å². The van der Waals surface area contributed by atoms with E-state index < -0.39 is 0 Å². The molecule has 1 N–H and O–H groups in total. The lowest BCUT2D eigenvalue weighted by molar-refractivity contribution is 0.215. The van der Waals surface area contributed by atoms with Crippen LogP contribution >= 0.6 is 0 Å². The molecule has 0 bridgehead atoms. The molecular formula is C15H25N3. The Morgan fingerprint density at radius 3 is 2.00 bits per heavy atom. The van der Waals surface area contributed by atoms with Crippen LogP contribution in [0.2, 0.25) is 0 Å². The number of hydrogen-bond donors (Lipinski definition) is 1. The van der Waals surface area contributed by atoms with Crippen LogP contribution in [0.3, 0.4) is 0 Å². The minimum atomic E-state index is 0.660. The van der Waals surface area contributed by atoms with E-state index in [1.54, 1.807) is 0 Å². The highest BCUT2D eigenvalue weighted by molar-refractivity contribution is 5.96. The van der Waals surface area contributed by atoms with Crippen molar-refractivity contribution < 1.29 is 0 Å². The molecule has 3 heteroatoms. The fourth-order valence-electron chi connectivity index (χ4n) is 1.92. The van der Waals surface area contributed by atoms with Gasteiger partial charge < -0.3 is 9.80 Å². The molecule has 0 saturated carbocycles. The van der Waals surface area contributed by atoms with Gasteiger partial charge in [-0.1, -0.05) is 43.7 Å². The minimum absolute atomic E-state index is 0.660. The zero-order valence-corrected chi connectivity index (χ0v) is 12.0. The van der Waals surface area contributed by atoms with Crippen molar-refractivity contribution in [2.24, 2.45) is 0 Å². The predicted octanol–water partition coefficient (Wildman–Crippen LogP) is 2.59. The highest BCUT2D eigenvalue weighted by Gasteiger charge is 2.17. The summed E-state index contributed by atoms with van der Waals surface area (Å²) in [6, 6.07) is 8.21. The first-order valence-electron chi connectivity index (χ1n) is 6.76. The molecule has 0 spiro atoms. The van der Waals surface area contributed by atoms with Crippen molar-refractivity contribution in [1.82, 2.24) is 9.80 Å². The molecule has 0 aromatic heterocycles. The number of hydrogen-bond acceptors (Lipinski definition) is 2. The van der Waals surface area contributed by atoms with Gasteiger partial charge in [-0.05, 0) is 14.0 Å². The summed E-state index contributed by atoms with van der Waals surface area (Å²) in [5, 5.41) is 8.17. The molecule has 1 heterocycles. The van der Waals surface area contributed by atoms with Crippen LogP contribution in [0.5, 0.6) is 0 Å². The molecule has 1 aliphatic rings. The van der Waals surface area contributed by atoms with Crippen LogP contribution in [0.1, 0.15) is 25.0 Å². The summed E-state index contributed by atoms with van der Waals surface area (Å²) in [6.07, 6.45) is 0. The first-order chi connectivity index (χ1) is 8.66. The van der Waals surface area contributed by atoms with Crippen molar-refractivity contribution in [3.63, 3.8) is 0 Å². The largest absolute Gasteiger partial charge is 0.354 e. The van der Waals surface area contributed by atoms with E-state index in [-0.39, 0.29) is 0 Å². The Hall–Kier alpha value is -1.35. The van der Waals surface area contributed by atoms with Crippen molar-refractivity contribution in [2.75, 3.05) is 33.2 Å². The predicted molar refractivity (Wildman–Crippen MR) is 78.4 cm³/mol. The van der Waals surface area contributed by atoms with Crippen molar-refractivity contribution in [2.45, 2.75) is 20.8 Å². The van der Waals surface area contributed by atoms with Crippen molar-refractivity contribution >= 4 is 5.84 Å². The lowest BCUT2D eigenvalue weighted by atomic mass is 10.1. The molecule has 1 aromatic rings. The zero-order chi connectivity index (χ0) is 13.5. The van der Waals surface area contributed by atoms with Gasteiger partial charge in [-0.15, -0.1) is 0 Å². The summed E-state index contributed by atoms with van der Waals surface area (Å²) in [5.41, 5.74) is 2.27. The second-order valence-electron chi connectivity index (χ2n) is 4.50. The van der Waals surface area contributed by atoms with Crippen LogP contribution in [-0.4, -0.2) is 48.9 Å². The number of nitrogens with zero attached hydrogens (tertiary/aromatic N) is 2. The van der Waals surface area contributed by atoms with Crippen LogP contribution in [0.4, 0.5) is 0 Å². The average molecular weight is 247 g/mol. The summed E-state index contributed by atoms with van der Waals surface area (Å²) < 4.78 is 0. The van der Waals surface area contributed by atoms with Gasteiger partial charge in [0.1, 0.15) is 5.84 Å². The fourth-order valence-corrected chi connectivity index (χ4v) is 1.92. The second kappa shape index (κ2) is 7.17. The van der Waals surface area contributed by atoms with Crippen molar-refractivity contribution in [3.05, 3.63) is 35.4 Å². The van der Waals surface area contributed by atoms with Crippen LogP contribution in [0.15, 0.2) is 24.3 Å². The topological polar surface area (TPSA) is 30.3 Å². The van der Waals surface area contributed by atoms with E-state index in [1.165, 1.54) is 5.56 Å². The molecule has 1 fully saturated rings. The maximum atomic E-state index is 8.17. The highest BCUT2D eigenvalue weighted by atomic mass is 15.3. The number of likely N-dealkylation sites (N-methyl/N-ethyl adjacent to an activating group) is 1. The van der Waals surface area contributed by atoms with Crippen LogP contribution in [0, 0.1) is 12.3 Å². The van der Waals surface area contributed by atoms with E-state index in [0.717, 1.165) is 31.7 Å². The van der Waals surface area contributed by atoms with Gasteiger partial charge in [0.15, 0.2) is 0 Å². The molecular weight excluding hydrogens is 222 g/mol. The average Bonchev–Trinajstić information content (AvgIpc) is 2.42. The van der Waals surface area contributed by atoms with Gasteiger partial charge in [0, 0.05) is 31.7 Å². The normalized spacial score (nSPS) is 15.9. The van der Waals surface area contributed by atoms with Crippen LogP contribution < -0.4 is 0 Å². The first-order valence-corrected chi connectivity index (χ1v) is 6.76. The van der Waals surface area contributed by atoms with Crippen LogP contribution in [-0.2, 0) is 0 Å². The lowest BCUT2D eigenvalue weighted by Gasteiger charge is -2.34. The third-order valence-electron chi connectivity index (χ3n) is 3.14. The Balaban J connectivity index is 0.000000771. The van der Waals surface area contributed by atoms with Crippen molar-refractivity contribution in [1.29, 1.82) is 5.41 Å². The van der Waals surface area contributed by atoms with Gasteiger partial charge in [0.05, 0.1) is 0 Å². The number of rotatable bonds is 1. The second-order valence-corrected chi connectivity index (χ2v) is 4.50. The third kappa shape index (κ3) is 3.84. The van der Waals surface area contributed by atoms with Gasteiger partial charge in [0.25, 0.3) is 0 Å². The van der Waals surface area contributed by atoms with Crippen LogP contribution in [0.25, 0.3) is 0 Å². The first kappa shape index (κ1) is 14.7. The minimum Gasteiger partial charge on any atom is -0.354 e. The maximum absolute atomic E-state index is 8.17. The van der Waals surface area contributed by atoms with Crippen molar-refractivity contribution in [3.8, 4) is 0 Å². The summed E-state index contributed by atoms with van der Waals surface area (Å²) in [7, 11) is 2.13. The molecule has 0 aliphatic carbocycles. The Bertz CT molecular complexity index is 362. The number of aryl methyl sites for hydroxylation is 1. The van der Waals surface area contributed by atoms with Gasteiger partial charge in [0.2, 0.25) is 0 Å². The number of nitrogens with one attached hydrogen (secondary N) is 1. The van der Waals surface area contributed by atoms with E-state index in [1.807, 2.05) is 26.0 Å². The quantitative estimate of drug-likeness (QED) is 0.611. The fraction of sp³-hybridized carbons (Fsp3) is 0.533. The monoisotopic (exact) mass is 247 g/mol. The molecule has 2 rings (SSSR count). The van der Waals surface area contributed by atoms with E-state index in [4.69, 9.17) is 5.41 Å². The molecule has 18 heavy (non-hydrogen) atoms. The standard InChI is InChI=1S/C13H19N3.C2H6/c1-11-3-5-12(6-4-11)13(14)16-9-7-15(2)8-10-16;1-2/h3-6,14H,7-10H2,1-2H3;1-2H3. The molecule has 0 radical (unpaired) electrons. The molecule has 1 saturated heterocycles. The molecule has 0 unspecified atom stereocenters. The zero-order valence-electron chi connectivity index (χ0n) is 12.0. The van der Waals surface area contributed by atoms with E-state index in [0.29, 0.717) is 5.84 Å². The molecule has 1 aliphatic heterocycles. The molecule has 0 atom stereocenters. The van der Waals surface area contributed by atoms with Gasteiger partial charge in [-0.3, -0.25) is 5.41 Å². The third-order valence-corrected chi connectivity index (χ3v) is 3.14. The molecule has 100 valence electrons. The Kier molecular flexibility index (Phi) is 5.86. The molecule has 1 aromatic carbocycles. The highest BCUT2D eigenvalue weighted by Crippen LogP contribution is 2.09. The smallest absolute Gasteiger partial charge is 0.128 e. The SMILES string of the molecule is CC.Cc1ccc(C(=N)N2CCN(C)CC2)cc1. The number of piperazine rings is 1. The summed E-state index contributed by atoms with van der Waals surface area (Å²) in [4.78, 5) is 4.46.